The lowest BCUT2D eigenvalue weighted by molar-refractivity contribution is -0.154. The first-order valence-corrected chi connectivity index (χ1v) is 6.60. The van der Waals surface area contributed by atoms with Crippen molar-refractivity contribution in [3.05, 3.63) is 28.8 Å². The zero-order chi connectivity index (χ0) is 14.4. The Kier molecular flexibility index (Phi) is 3.41. The van der Waals surface area contributed by atoms with Crippen LogP contribution in [0, 0.1) is 13.8 Å². The average Bonchev–Trinajstić information content (AvgIpc) is 2.27. The van der Waals surface area contributed by atoms with Crippen molar-refractivity contribution in [1.29, 1.82) is 0 Å². The number of carbonyl (C=O) groups is 1. The molecule has 0 aromatic heterocycles. The number of benzene rings is 1. The minimum atomic E-state index is -0.445. The number of hydroxylamine groups is 2. The molecule has 1 amide bonds. The Balaban J connectivity index is 2.70. The van der Waals surface area contributed by atoms with E-state index in [0.717, 1.165) is 28.8 Å². The van der Waals surface area contributed by atoms with Crippen LogP contribution in [0.2, 0.25) is 0 Å². The molecule has 0 saturated heterocycles. The van der Waals surface area contributed by atoms with Gasteiger partial charge in [-0.2, -0.15) is 5.06 Å². The summed E-state index contributed by atoms with van der Waals surface area (Å²) in [4.78, 5) is 13.6. The van der Waals surface area contributed by atoms with Crippen LogP contribution in [0.4, 0.5) is 5.69 Å². The van der Waals surface area contributed by atoms with Gasteiger partial charge in [-0.1, -0.05) is 6.07 Å². The molecule has 104 valence electrons. The van der Waals surface area contributed by atoms with Gasteiger partial charge in [-0.05, 0) is 44.4 Å². The first kappa shape index (κ1) is 14.0. The largest absolute Gasteiger partial charge is 0.313 e. The first-order valence-electron chi connectivity index (χ1n) is 6.60. The molecule has 1 N–H and O–H groups in total. The SMILES string of the molecule is CC(=O)N1CCC(C)(N(C)O)c2c(C)cc(C)cc21. The molecule has 0 saturated carbocycles. The van der Waals surface area contributed by atoms with Crippen molar-refractivity contribution in [3.8, 4) is 0 Å². The highest BCUT2D eigenvalue weighted by molar-refractivity contribution is 5.93. The van der Waals surface area contributed by atoms with E-state index >= 15 is 0 Å². The Labute approximate surface area is 114 Å². The number of fused-ring (bicyclic) bond motifs is 1. The molecule has 1 aliphatic heterocycles. The predicted molar refractivity (Wildman–Crippen MR) is 75.5 cm³/mol. The number of carbonyl (C=O) groups excluding carboxylic acids is 1. The van der Waals surface area contributed by atoms with Gasteiger partial charge in [0, 0.05) is 31.8 Å². The van der Waals surface area contributed by atoms with Gasteiger partial charge in [0.15, 0.2) is 0 Å². The molecule has 1 atom stereocenters. The Bertz CT molecular complexity index is 525. The molecule has 1 unspecified atom stereocenters. The fourth-order valence-corrected chi connectivity index (χ4v) is 3.08. The summed E-state index contributed by atoms with van der Waals surface area (Å²) in [6.45, 7) is 8.31. The van der Waals surface area contributed by atoms with Crippen molar-refractivity contribution in [3.63, 3.8) is 0 Å². The molecule has 0 spiro atoms. The van der Waals surface area contributed by atoms with Gasteiger partial charge in [-0.15, -0.1) is 0 Å². The zero-order valence-electron chi connectivity index (χ0n) is 12.3. The van der Waals surface area contributed by atoms with E-state index in [1.165, 1.54) is 5.06 Å². The van der Waals surface area contributed by atoms with Crippen LogP contribution in [0.1, 0.15) is 37.0 Å². The van der Waals surface area contributed by atoms with Crippen molar-refractivity contribution in [2.24, 2.45) is 0 Å². The average molecular weight is 262 g/mol. The second-order valence-electron chi connectivity index (χ2n) is 5.69. The highest BCUT2D eigenvalue weighted by Crippen LogP contribution is 2.43. The van der Waals surface area contributed by atoms with E-state index in [4.69, 9.17) is 0 Å². The Morgan fingerprint density at radius 1 is 1.42 bits per heavy atom. The molecule has 0 bridgehead atoms. The highest BCUT2D eigenvalue weighted by Gasteiger charge is 2.40. The normalized spacial score (nSPS) is 22.6. The molecule has 1 aromatic carbocycles. The summed E-state index contributed by atoms with van der Waals surface area (Å²) >= 11 is 0. The summed E-state index contributed by atoms with van der Waals surface area (Å²) in [5.41, 5.74) is 3.78. The summed E-state index contributed by atoms with van der Waals surface area (Å²) in [7, 11) is 1.67. The molecular weight excluding hydrogens is 240 g/mol. The number of aryl methyl sites for hydroxylation is 2. The van der Waals surface area contributed by atoms with Crippen molar-refractivity contribution in [2.75, 3.05) is 18.5 Å². The Morgan fingerprint density at radius 2 is 2.05 bits per heavy atom. The minimum Gasteiger partial charge on any atom is -0.313 e. The van der Waals surface area contributed by atoms with Gasteiger partial charge >= 0.3 is 0 Å². The maximum Gasteiger partial charge on any atom is 0.223 e. The maximum atomic E-state index is 11.8. The lowest BCUT2D eigenvalue weighted by Crippen LogP contribution is -2.48. The van der Waals surface area contributed by atoms with Crippen LogP contribution in [0.5, 0.6) is 0 Å². The summed E-state index contributed by atoms with van der Waals surface area (Å²) < 4.78 is 0. The lowest BCUT2D eigenvalue weighted by atomic mass is 9.80. The molecule has 0 radical (unpaired) electrons. The smallest absolute Gasteiger partial charge is 0.223 e. The van der Waals surface area contributed by atoms with Gasteiger partial charge in [-0.25, -0.2) is 0 Å². The van der Waals surface area contributed by atoms with Crippen LogP contribution >= 0.6 is 0 Å². The van der Waals surface area contributed by atoms with E-state index in [2.05, 4.69) is 6.07 Å². The molecule has 2 rings (SSSR count). The van der Waals surface area contributed by atoms with Gasteiger partial charge in [-0.3, -0.25) is 4.79 Å². The highest BCUT2D eigenvalue weighted by atomic mass is 16.5. The van der Waals surface area contributed by atoms with Gasteiger partial charge in [0.2, 0.25) is 5.91 Å². The molecule has 4 heteroatoms. The summed E-state index contributed by atoms with van der Waals surface area (Å²) in [5, 5.41) is 11.3. The maximum absolute atomic E-state index is 11.8. The van der Waals surface area contributed by atoms with E-state index in [1.807, 2.05) is 26.8 Å². The number of hydrogen-bond donors (Lipinski definition) is 1. The van der Waals surface area contributed by atoms with Crippen LogP contribution in [-0.2, 0) is 10.3 Å². The van der Waals surface area contributed by atoms with Gasteiger partial charge < -0.3 is 10.1 Å². The molecule has 19 heavy (non-hydrogen) atoms. The molecule has 1 aliphatic rings. The number of amides is 1. The van der Waals surface area contributed by atoms with E-state index in [-0.39, 0.29) is 5.91 Å². The van der Waals surface area contributed by atoms with Crippen molar-refractivity contribution >= 4 is 11.6 Å². The Morgan fingerprint density at radius 3 is 2.58 bits per heavy atom. The second-order valence-corrected chi connectivity index (χ2v) is 5.69. The van der Waals surface area contributed by atoms with Crippen molar-refractivity contribution in [1.82, 2.24) is 5.06 Å². The van der Waals surface area contributed by atoms with Crippen molar-refractivity contribution < 1.29 is 10.0 Å². The summed E-state index contributed by atoms with van der Waals surface area (Å²) in [6.07, 6.45) is 0.719. The molecule has 1 heterocycles. The topological polar surface area (TPSA) is 43.8 Å². The monoisotopic (exact) mass is 262 g/mol. The van der Waals surface area contributed by atoms with Crippen LogP contribution in [0.15, 0.2) is 12.1 Å². The third-order valence-electron chi connectivity index (χ3n) is 4.20. The van der Waals surface area contributed by atoms with Gasteiger partial charge in [0.05, 0.1) is 5.54 Å². The Hall–Kier alpha value is -1.39. The minimum absolute atomic E-state index is 0.0499. The molecule has 1 aromatic rings. The zero-order valence-corrected chi connectivity index (χ0v) is 12.3. The van der Waals surface area contributed by atoms with E-state index < -0.39 is 5.54 Å². The third-order valence-corrected chi connectivity index (χ3v) is 4.20. The second kappa shape index (κ2) is 4.62. The number of hydrogen-bond acceptors (Lipinski definition) is 3. The van der Waals surface area contributed by atoms with Crippen LogP contribution in [-0.4, -0.2) is 29.8 Å². The molecular formula is C15H22N2O2. The number of anilines is 1. The van der Waals surface area contributed by atoms with Crippen molar-refractivity contribution in [2.45, 2.75) is 39.7 Å². The molecule has 0 fully saturated rings. The van der Waals surface area contributed by atoms with Gasteiger partial charge in [0.25, 0.3) is 0 Å². The van der Waals surface area contributed by atoms with E-state index in [9.17, 15) is 10.0 Å². The van der Waals surface area contributed by atoms with E-state index in [0.29, 0.717) is 6.54 Å². The number of nitrogens with zero attached hydrogens (tertiary/aromatic N) is 2. The summed E-state index contributed by atoms with van der Waals surface area (Å²) in [5.74, 6) is 0.0499. The number of rotatable bonds is 1. The quantitative estimate of drug-likeness (QED) is 0.791. The summed E-state index contributed by atoms with van der Waals surface area (Å²) in [6, 6.07) is 4.13. The van der Waals surface area contributed by atoms with E-state index in [1.54, 1.807) is 18.9 Å². The van der Waals surface area contributed by atoms with Crippen LogP contribution in [0.3, 0.4) is 0 Å². The lowest BCUT2D eigenvalue weighted by Gasteiger charge is -2.44. The van der Waals surface area contributed by atoms with Gasteiger partial charge in [0.1, 0.15) is 0 Å². The van der Waals surface area contributed by atoms with Crippen LogP contribution < -0.4 is 4.90 Å². The van der Waals surface area contributed by atoms with Crippen LogP contribution in [0.25, 0.3) is 0 Å². The fourth-order valence-electron chi connectivity index (χ4n) is 3.08. The standard InChI is InChI=1S/C15H22N2O2/c1-10-8-11(2)14-13(9-10)17(12(3)18)7-6-15(14,4)16(5)19/h8-9,19H,6-7H2,1-5H3. The molecule has 0 aliphatic carbocycles. The first-order chi connectivity index (χ1) is 8.77. The fraction of sp³-hybridized carbons (Fsp3) is 0.533. The third kappa shape index (κ3) is 2.15. The molecule has 4 nitrogen and oxygen atoms in total. The predicted octanol–water partition coefficient (Wildman–Crippen LogP) is 2.60.